The van der Waals surface area contributed by atoms with E-state index in [2.05, 4.69) is 48.9 Å². The fourth-order valence-electron chi connectivity index (χ4n) is 3.49. The number of likely N-dealkylation sites (N-methyl/N-ethyl adjacent to an activating group) is 1. The van der Waals surface area contributed by atoms with Gasteiger partial charge >= 0.3 is 0 Å². The summed E-state index contributed by atoms with van der Waals surface area (Å²) < 4.78 is 0. The predicted octanol–water partition coefficient (Wildman–Crippen LogP) is 3.08. The van der Waals surface area contributed by atoms with E-state index in [0.29, 0.717) is 6.42 Å². The average molecular weight is 370 g/mol. The number of carbonyl (C=O) groups is 1. The number of amides is 1. The minimum Gasteiger partial charge on any atom is -0.387 e. The van der Waals surface area contributed by atoms with Gasteiger partial charge in [-0.3, -0.25) is 9.89 Å². The fraction of sp³-hybridized carbons (Fsp3) is 0.524. The number of hydrogen-bond acceptors (Lipinski definition) is 3. The lowest BCUT2D eigenvalue weighted by atomic mass is 9.88. The van der Waals surface area contributed by atoms with Crippen LogP contribution >= 0.6 is 0 Å². The maximum absolute atomic E-state index is 11.8. The molecule has 3 N–H and O–H groups in total. The second kappa shape index (κ2) is 7.35. The van der Waals surface area contributed by atoms with Crippen molar-refractivity contribution in [3.8, 4) is 11.4 Å². The minimum atomic E-state index is -0.465. The summed E-state index contributed by atoms with van der Waals surface area (Å²) in [7, 11) is 1.73. The highest BCUT2D eigenvalue weighted by Crippen LogP contribution is 2.31. The van der Waals surface area contributed by atoms with Crippen molar-refractivity contribution in [2.45, 2.75) is 53.0 Å². The van der Waals surface area contributed by atoms with Crippen LogP contribution in [0.1, 0.15) is 49.7 Å². The molecule has 2 heterocycles. The van der Waals surface area contributed by atoms with Gasteiger partial charge in [0.05, 0.1) is 11.7 Å². The molecule has 6 heteroatoms. The summed E-state index contributed by atoms with van der Waals surface area (Å²) in [4.78, 5) is 16.9. The molecule has 146 valence electrons. The Morgan fingerprint density at radius 3 is 2.81 bits per heavy atom. The summed E-state index contributed by atoms with van der Waals surface area (Å²) in [6.45, 7) is 8.37. The lowest BCUT2D eigenvalue weighted by Crippen LogP contribution is -2.39. The Kier molecular flexibility index (Phi) is 5.29. The Labute approximate surface area is 160 Å². The smallest absolute Gasteiger partial charge is 0.248 e. The van der Waals surface area contributed by atoms with E-state index in [1.54, 1.807) is 11.9 Å². The lowest BCUT2D eigenvalue weighted by molar-refractivity contribution is -0.134. The number of aryl methyl sites for hydroxylation is 1. The second-order valence-electron chi connectivity index (χ2n) is 8.65. The SMILES string of the molecule is Cc1[nH]nc(-c2cc3c([nH]2)CC(N(C)C(=O)CO)C=C3)c1CCC(C)(C)C. The number of aromatic nitrogens is 3. The van der Waals surface area contributed by atoms with Gasteiger partial charge in [-0.15, -0.1) is 0 Å². The molecule has 1 aliphatic carbocycles. The summed E-state index contributed by atoms with van der Waals surface area (Å²) in [5, 5.41) is 16.8. The second-order valence-corrected chi connectivity index (χ2v) is 8.65. The van der Waals surface area contributed by atoms with Crippen LogP contribution in [0.2, 0.25) is 0 Å². The van der Waals surface area contributed by atoms with Crippen LogP contribution in [-0.2, 0) is 17.6 Å². The number of H-pyrrole nitrogens is 2. The largest absolute Gasteiger partial charge is 0.387 e. The third-order valence-electron chi connectivity index (χ3n) is 5.33. The average Bonchev–Trinajstić information content (AvgIpc) is 3.20. The summed E-state index contributed by atoms with van der Waals surface area (Å²) >= 11 is 0. The molecule has 3 rings (SSSR count). The van der Waals surface area contributed by atoms with Crippen molar-refractivity contribution in [1.82, 2.24) is 20.1 Å². The monoisotopic (exact) mass is 370 g/mol. The predicted molar refractivity (Wildman–Crippen MR) is 107 cm³/mol. The molecule has 0 saturated heterocycles. The van der Waals surface area contributed by atoms with Crippen molar-refractivity contribution < 1.29 is 9.90 Å². The molecular weight excluding hydrogens is 340 g/mol. The first kappa shape index (κ1) is 19.4. The van der Waals surface area contributed by atoms with Crippen LogP contribution in [0.4, 0.5) is 0 Å². The molecule has 0 fully saturated rings. The number of rotatable bonds is 5. The maximum atomic E-state index is 11.8. The first-order chi connectivity index (χ1) is 12.7. The van der Waals surface area contributed by atoms with E-state index in [9.17, 15) is 4.79 Å². The number of aromatic amines is 2. The molecule has 6 nitrogen and oxygen atoms in total. The number of carbonyl (C=O) groups excluding carboxylic acids is 1. The van der Waals surface area contributed by atoms with Crippen molar-refractivity contribution in [1.29, 1.82) is 0 Å². The van der Waals surface area contributed by atoms with Crippen LogP contribution in [0, 0.1) is 12.3 Å². The molecule has 0 radical (unpaired) electrons. The van der Waals surface area contributed by atoms with E-state index in [1.807, 2.05) is 12.2 Å². The van der Waals surface area contributed by atoms with Crippen molar-refractivity contribution in [2.24, 2.45) is 5.41 Å². The summed E-state index contributed by atoms with van der Waals surface area (Å²) in [6.07, 6.45) is 6.84. The highest BCUT2D eigenvalue weighted by atomic mass is 16.3. The van der Waals surface area contributed by atoms with E-state index in [1.165, 1.54) is 5.56 Å². The van der Waals surface area contributed by atoms with Crippen LogP contribution in [0.15, 0.2) is 12.1 Å². The molecular formula is C21H30N4O2. The molecule has 1 aliphatic rings. The molecule has 0 bridgehead atoms. The summed E-state index contributed by atoms with van der Waals surface area (Å²) in [5.74, 6) is -0.271. The molecule has 0 saturated carbocycles. The van der Waals surface area contributed by atoms with E-state index >= 15 is 0 Å². The molecule has 2 aromatic heterocycles. The highest BCUT2D eigenvalue weighted by Gasteiger charge is 2.24. The Bertz CT molecular complexity index is 854. The van der Waals surface area contributed by atoms with Gasteiger partial charge in [0.1, 0.15) is 12.3 Å². The zero-order valence-corrected chi connectivity index (χ0v) is 16.9. The molecule has 1 unspecified atom stereocenters. The van der Waals surface area contributed by atoms with Crippen molar-refractivity contribution >= 4 is 12.0 Å². The van der Waals surface area contributed by atoms with Crippen LogP contribution < -0.4 is 0 Å². The molecule has 2 aromatic rings. The minimum absolute atomic E-state index is 0.0510. The quantitative estimate of drug-likeness (QED) is 0.756. The normalized spacial score (nSPS) is 16.4. The van der Waals surface area contributed by atoms with Crippen molar-refractivity contribution in [3.05, 3.63) is 34.7 Å². The van der Waals surface area contributed by atoms with Crippen molar-refractivity contribution in [3.63, 3.8) is 0 Å². The van der Waals surface area contributed by atoms with Gasteiger partial charge in [0, 0.05) is 30.4 Å². The fourth-order valence-corrected chi connectivity index (χ4v) is 3.49. The highest BCUT2D eigenvalue weighted by molar-refractivity contribution is 5.78. The van der Waals surface area contributed by atoms with Crippen LogP contribution in [0.25, 0.3) is 17.5 Å². The number of aliphatic hydroxyl groups is 1. The van der Waals surface area contributed by atoms with Gasteiger partial charge in [-0.2, -0.15) is 5.10 Å². The number of nitrogens with one attached hydrogen (secondary N) is 2. The lowest BCUT2D eigenvalue weighted by Gasteiger charge is -2.27. The van der Waals surface area contributed by atoms with Crippen LogP contribution in [-0.4, -0.2) is 50.8 Å². The topological polar surface area (TPSA) is 85.0 Å². The first-order valence-electron chi connectivity index (χ1n) is 9.50. The standard InChI is InChI=1S/C21H30N4O2/c1-13-16(8-9-21(2,3)4)20(24-23-13)18-10-14-6-7-15(11-17(14)22-18)25(5)19(27)12-26/h6-7,10,15,22,26H,8-9,11-12H2,1-5H3,(H,23,24). The summed E-state index contributed by atoms with van der Waals surface area (Å²) in [6, 6.07) is 2.08. The Hall–Kier alpha value is -2.34. The molecule has 27 heavy (non-hydrogen) atoms. The zero-order valence-electron chi connectivity index (χ0n) is 16.9. The Morgan fingerprint density at radius 2 is 2.15 bits per heavy atom. The molecule has 1 amide bonds. The zero-order chi connectivity index (χ0) is 19.8. The number of hydrogen-bond donors (Lipinski definition) is 3. The number of fused-ring (bicyclic) bond motifs is 1. The van der Waals surface area contributed by atoms with E-state index in [-0.39, 0.29) is 17.4 Å². The van der Waals surface area contributed by atoms with Gasteiger partial charge in [0.25, 0.3) is 0 Å². The summed E-state index contributed by atoms with van der Waals surface area (Å²) in [5.41, 5.74) is 6.87. The van der Waals surface area contributed by atoms with Gasteiger partial charge < -0.3 is 15.0 Å². The van der Waals surface area contributed by atoms with Gasteiger partial charge in [0.15, 0.2) is 0 Å². The maximum Gasteiger partial charge on any atom is 0.248 e. The van der Waals surface area contributed by atoms with Gasteiger partial charge in [-0.05, 0) is 36.8 Å². The first-order valence-corrected chi connectivity index (χ1v) is 9.50. The third-order valence-corrected chi connectivity index (χ3v) is 5.33. The Morgan fingerprint density at radius 1 is 1.41 bits per heavy atom. The van der Waals surface area contributed by atoms with E-state index < -0.39 is 6.61 Å². The molecule has 1 atom stereocenters. The number of aliphatic hydroxyl groups excluding tert-OH is 1. The van der Waals surface area contributed by atoms with E-state index in [0.717, 1.165) is 41.2 Å². The van der Waals surface area contributed by atoms with Gasteiger partial charge in [-0.1, -0.05) is 32.9 Å². The number of nitrogens with zero attached hydrogens (tertiary/aromatic N) is 2. The molecule has 0 spiro atoms. The van der Waals surface area contributed by atoms with Gasteiger partial charge in [0.2, 0.25) is 5.91 Å². The Balaban J connectivity index is 1.84. The van der Waals surface area contributed by atoms with Gasteiger partial charge in [-0.25, -0.2) is 0 Å². The van der Waals surface area contributed by atoms with E-state index in [4.69, 9.17) is 5.11 Å². The van der Waals surface area contributed by atoms with Crippen LogP contribution in [0.5, 0.6) is 0 Å². The molecule has 0 aliphatic heterocycles. The van der Waals surface area contributed by atoms with Crippen molar-refractivity contribution in [2.75, 3.05) is 13.7 Å². The third kappa shape index (κ3) is 4.16. The van der Waals surface area contributed by atoms with Crippen LogP contribution in [0.3, 0.4) is 0 Å². The molecule has 0 aromatic carbocycles.